The summed E-state index contributed by atoms with van der Waals surface area (Å²) in [5.74, 6) is -0.812. The lowest BCUT2D eigenvalue weighted by Gasteiger charge is -2.13. The molecule has 7 heteroatoms. The predicted octanol–water partition coefficient (Wildman–Crippen LogP) is 3.28. The summed E-state index contributed by atoms with van der Waals surface area (Å²) in [7, 11) is 0. The highest BCUT2D eigenvalue weighted by Crippen LogP contribution is 2.26. The Morgan fingerprint density at radius 1 is 1.35 bits per heavy atom. The molecule has 0 fully saturated rings. The molecule has 0 spiro atoms. The zero-order valence-corrected chi connectivity index (χ0v) is 11.6. The van der Waals surface area contributed by atoms with E-state index >= 15 is 0 Å². The minimum Gasteiger partial charge on any atom is -0.337 e. The Morgan fingerprint density at radius 2 is 2.05 bits per heavy atom. The Balaban J connectivity index is 2.34. The lowest BCUT2D eigenvalue weighted by molar-refractivity contribution is -0.114. The molecule has 0 atom stereocenters. The van der Waals surface area contributed by atoms with Gasteiger partial charge in [0.25, 0.3) is 0 Å². The predicted molar refractivity (Wildman–Crippen MR) is 75.8 cm³/mol. The highest BCUT2D eigenvalue weighted by atomic mass is 35.5. The summed E-state index contributed by atoms with van der Waals surface area (Å²) in [5.41, 5.74) is 2.02. The molecule has 0 bridgehead atoms. The van der Waals surface area contributed by atoms with Crippen molar-refractivity contribution < 1.29 is 9.18 Å². The second kappa shape index (κ2) is 5.83. The lowest BCUT2D eigenvalue weighted by atomic mass is 10.1. The van der Waals surface area contributed by atoms with Gasteiger partial charge in [-0.1, -0.05) is 6.07 Å². The van der Waals surface area contributed by atoms with Crippen molar-refractivity contribution >= 4 is 34.7 Å². The van der Waals surface area contributed by atoms with Gasteiger partial charge in [-0.25, -0.2) is 9.37 Å². The largest absolute Gasteiger partial charge is 0.337 e. The van der Waals surface area contributed by atoms with Crippen molar-refractivity contribution in [2.45, 2.75) is 13.8 Å². The molecule has 1 aromatic carbocycles. The van der Waals surface area contributed by atoms with Crippen LogP contribution in [0.1, 0.15) is 12.5 Å². The van der Waals surface area contributed by atoms with E-state index in [9.17, 15) is 9.18 Å². The number of rotatable bonds is 3. The van der Waals surface area contributed by atoms with Gasteiger partial charge in [0, 0.05) is 18.3 Å². The van der Waals surface area contributed by atoms with E-state index in [1.165, 1.54) is 6.92 Å². The zero-order valence-electron chi connectivity index (χ0n) is 10.9. The quantitative estimate of drug-likeness (QED) is 0.853. The fourth-order valence-electron chi connectivity index (χ4n) is 1.66. The molecular weight excluding hydrogens is 283 g/mol. The van der Waals surface area contributed by atoms with E-state index in [1.807, 2.05) is 0 Å². The zero-order chi connectivity index (χ0) is 14.7. The van der Waals surface area contributed by atoms with E-state index in [0.29, 0.717) is 11.4 Å². The van der Waals surface area contributed by atoms with Crippen LogP contribution < -0.4 is 10.6 Å². The van der Waals surface area contributed by atoms with Gasteiger partial charge in [0.15, 0.2) is 11.6 Å². The van der Waals surface area contributed by atoms with Gasteiger partial charge in [-0.2, -0.15) is 4.98 Å². The van der Waals surface area contributed by atoms with E-state index < -0.39 is 5.82 Å². The standard InChI is InChI=1S/C13H12ClFN4O/c1-7-10(17-8(2)20)4-3-5-11(7)18-12-9(15)6-16-13(14)19-12/h3-6H,1-2H3,(H,17,20)(H,16,18,19). The number of aromatic nitrogens is 2. The van der Waals surface area contributed by atoms with Crippen molar-refractivity contribution in [2.75, 3.05) is 10.6 Å². The van der Waals surface area contributed by atoms with E-state index in [0.717, 1.165) is 11.8 Å². The molecule has 0 aliphatic carbocycles. The molecule has 2 N–H and O–H groups in total. The summed E-state index contributed by atoms with van der Waals surface area (Å²) in [6, 6.07) is 5.24. The molecule has 0 unspecified atom stereocenters. The molecule has 104 valence electrons. The van der Waals surface area contributed by atoms with Crippen LogP contribution in [-0.4, -0.2) is 15.9 Å². The van der Waals surface area contributed by atoms with Crippen LogP contribution >= 0.6 is 11.6 Å². The highest BCUT2D eigenvalue weighted by Gasteiger charge is 2.10. The minimum atomic E-state index is -0.612. The third-order valence-electron chi connectivity index (χ3n) is 2.61. The molecule has 0 aliphatic rings. The van der Waals surface area contributed by atoms with Crippen molar-refractivity contribution in [3.05, 3.63) is 41.1 Å². The van der Waals surface area contributed by atoms with Gasteiger partial charge in [0.2, 0.25) is 11.2 Å². The summed E-state index contributed by atoms with van der Waals surface area (Å²) in [4.78, 5) is 18.4. The van der Waals surface area contributed by atoms with Gasteiger partial charge >= 0.3 is 0 Å². The van der Waals surface area contributed by atoms with E-state index in [1.54, 1.807) is 25.1 Å². The van der Waals surface area contributed by atoms with Crippen LogP contribution in [0.15, 0.2) is 24.4 Å². The first-order valence-electron chi connectivity index (χ1n) is 5.79. The fourth-order valence-corrected chi connectivity index (χ4v) is 1.79. The topological polar surface area (TPSA) is 66.9 Å². The van der Waals surface area contributed by atoms with E-state index in [4.69, 9.17) is 11.6 Å². The number of carbonyl (C=O) groups excluding carboxylic acids is 1. The number of hydrogen-bond acceptors (Lipinski definition) is 4. The highest BCUT2D eigenvalue weighted by molar-refractivity contribution is 6.28. The molecule has 5 nitrogen and oxygen atoms in total. The van der Waals surface area contributed by atoms with Crippen LogP contribution in [0.3, 0.4) is 0 Å². The van der Waals surface area contributed by atoms with Gasteiger partial charge in [-0.05, 0) is 36.2 Å². The molecule has 20 heavy (non-hydrogen) atoms. The van der Waals surface area contributed by atoms with Crippen molar-refractivity contribution in [3.63, 3.8) is 0 Å². The maximum absolute atomic E-state index is 13.6. The van der Waals surface area contributed by atoms with Crippen molar-refractivity contribution in [3.8, 4) is 0 Å². The fraction of sp³-hybridized carbons (Fsp3) is 0.154. The van der Waals surface area contributed by atoms with Crippen LogP contribution in [-0.2, 0) is 4.79 Å². The minimum absolute atomic E-state index is 0.0203. The lowest BCUT2D eigenvalue weighted by Crippen LogP contribution is -2.08. The first-order chi connectivity index (χ1) is 9.47. The smallest absolute Gasteiger partial charge is 0.224 e. The van der Waals surface area contributed by atoms with E-state index in [2.05, 4.69) is 20.6 Å². The number of anilines is 3. The number of hydrogen-bond donors (Lipinski definition) is 2. The monoisotopic (exact) mass is 294 g/mol. The first kappa shape index (κ1) is 14.2. The molecule has 1 heterocycles. The number of nitrogens with one attached hydrogen (secondary N) is 2. The van der Waals surface area contributed by atoms with Gasteiger partial charge in [-0.3, -0.25) is 4.79 Å². The molecule has 1 aromatic heterocycles. The molecule has 2 rings (SSSR count). The summed E-state index contributed by atoms with van der Waals surface area (Å²) < 4.78 is 13.6. The van der Waals surface area contributed by atoms with Gasteiger partial charge in [-0.15, -0.1) is 0 Å². The van der Waals surface area contributed by atoms with E-state index in [-0.39, 0.29) is 17.0 Å². The van der Waals surface area contributed by atoms with Crippen LogP contribution in [0.4, 0.5) is 21.6 Å². The third kappa shape index (κ3) is 3.21. The molecule has 0 saturated carbocycles. The molecule has 1 amide bonds. The molecular formula is C13H12ClFN4O. The number of amides is 1. The van der Waals surface area contributed by atoms with Crippen molar-refractivity contribution in [1.29, 1.82) is 0 Å². The van der Waals surface area contributed by atoms with Gasteiger partial charge < -0.3 is 10.6 Å². The summed E-state index contributed by atoms with van der Waals surface area (Å²) in [6.45, 7) is 3.22. The van der Waals surface area contributed by atoms with Gasteiger partial charge in [0.1, 0.15) is 0 Å². The average molecular weight is 295 g/mol. The number of nitrogens with zero attached hydrogens (tertiary/aromatic N) is 2. The summed E-state index contributed by atoms with van der Waals surface area (Å²) in [5, 5.41) is 5.48. The Bertz CT molecular complexity index is 663. The third-order valence-corrected chi connectivity index (χ3v) is 2.79. The normalized spacial score (nSPS) is 10.2. The number of carbonyl (C=O) groups is 1. The Hall–Kier alpha value is -2.21. The number of halogens is 2. The Kier molecular flexibility index (Phi) is 4.14. The van der Waals surface area contributed by atoms with Crippen molar-refractivity contribution in [1.82, 2.24) is 9.97 Å². The van der Waals surface area contributed by atoms with Crippen LogP contribution in [0.2, 0.25) is 5.28 Å². The van der Waals surface area contributed by atoms with Crippen LogP contribution in [0, 0.1) is 12.7 Å². The summed E-state index contributed by atoms with van der Waals surface area (Å²) in [6.07, 6.45) is 0.991. The SMILES string of the molecule is CC(=O)Nc1cccc(Nc2nc(Cl)ncc2F)c1C. The average Bonchev–Trinajstić information content (AvgIpc) is 2.38. The number of benzene rings is 1. The second-order valence-electron chi connectivity index (χ2n) is 4.12. The maximum Gasteiger partial charge on any atom is 0.224 e. The molecule has 0 aliphatic heterocycles. The summed E-state index contributed by atoms with van der Waals surface area (Å²) >= 11 is 5.64. The second-order valence-corrected chi connectivity index (χ2v) is 4.46. The Morgan fingerprint density at radius 3 is 2.75 bits per heavy atom. The van der Waals surface area contributed by atoms with Crippen LogP contribution in [0.25, 0.3) is 0 Å². The van der Waals surface area contributed by atoms with Crippen molar-refractivity contribution in [2.24, 2.45) is 0 Å². The Labute approximate surface area is 120 Å². The first-order valence-corrected chi connectivity index (χ1v) is 6.17. The van der Waals surface area contributed by atoms with Gasteiger partial charge in [0.05, 0.1) is 6.20 Å². The molecule has 0 saturated heterocycles. The van der Waals surface area contributed by atoms with Crippen LogP contribution in [0.5, 0.6) is 0 Å². The molecule has 0 radical (unpaired) electrons. The molecule has 2 aromatic rings. The maximum atomic E-state index is 13.6.